The number of ether oxygens (including phenoxy) is 1. The second-order valence-corrected chi connectivity index (χ2v) is 4.81. The number of carbonyl (C=O) groups is 1. The molecule has 5 heteroatoms. The van der Waals surface area contributed by atoms with Gasteiger partial charge in [-0.15, -0.1) is 0 Å². The Morgan fingerprint density at radius 1 is 1.40 bits per heavy atom. The van der Waals surface area contributed by atoms with E-state index < -0.39 is 0 Å². The molecule has 1 aliphatic rings. The topological polar surface area (TPSA) is 56.2 Å². The molecular weight excluding hydrogens is 254 g/mol. The Morgan fingerprint density at radius 2 is 2.15 bits per heavy atom. The summed E-state index contributed by atoms with van der Waals surface area (Å²) in [6, 6.07) is 10.2. The van der Waals surface area contributed by atoms with Crippen molar-refractivity contribution in [3.05, 3.63) is 47.4 Å². The van der Waals surface area contributed by atoms with E-state index in [1.54, 1.807) is 14.2 Å². The lowest BCUT2D eigenvalue weighted by molar-refractivity contribution is 0.0954. The van der Waals surface area contributed by atoms with Crippen molar-refractivity contribution < 1.29 is 9.53 Å². The largest absolute Gasteiger partial charge is 0.480 e. The van der Waals surface area contributed by atoms with Crippen LogP contribution in [0.3, 0.4) is 0 Å². The third kappa shape index (κ3) is 1.86. The number of rotatable bonds is 3. The van der Waals surface area contributed by atoms with Gasteiger partial charge in [0.25, 0.3) is 5.91 Å². The molecule has 20 heavy (non-hydrogen) atoms. The Labute approximate surface area is 117 Å². The molecule has 2 heterocycles. The summed E-state index contributed by atoms with van der Waals surface area (Å²) in [6.07, 6.45) is 0.983. The minimum atomic E-state index is -0.212. The average Bonchev–Trinajstić information content (AvgIpc) is 3.05. The molecule has 2 aromatic rings. The van der Waals surface area contributed by atoms with Crippen LogP contribution in [0, 0.1) is 0 Å². The highest BCUT2D eigenvalue weighted by molar-refractivity contribution is 5.94. The van der Waals surface area contributed by atoms with Crippen LogP contribution < -0.4 is 10.1 Å². The Hall–Kier alpha value is -2.30. The molecular formula is C15H17N3O2. The van der Waals surface area contributed by atoms with Gasteiger partial charge in [0.2, 0.25) is 5.88 Å². The minimum Gasteiger partial charge on any atom is -0.480 e. The van der Waals surface area contributed by atoms with E-state index in [1.807, 2.05) is 22.8 Å². The summed E-state index contributed by atoms with van der Waals surface area (Å²) in [5.41, 5.74) is 1.59. The highest BCUT2D eigenvalue weighted by atomic mass is 16.5. The normalized spacial score (nSPS) is 16.8. The zero-order valence-electron chi connectivity index (χ0n) is 11.6. The standard InChI is InChI=1S/C15H17N3O2/c1-16-14(19)12-15(20-2)18-9-8-11(13(18)17-12)10-6-4-3-5-7-10/h3-7,11H,8-9H2,1-2H3,(H,16,19). The number of nitrogens with one attached hydrogen (secondary N) is 1. The van der Waals surface area contributed by atoms with Crippen molar-refractivity contribution in [3.63, 3.8) is 0 Å². The molecule has 1 atom stereocenters. The van der Waals surface area contributed by atoms with E-state index in [4.69, 9.17) is 4.74 Å². The quantitative estimate of drug-likeness (QED) is 0.926. The molecule has 1 aromatic carbocycles. The van der Waals surface area contributed by atoms with Crippen LogP contribution in [0.5, 0.6) is 5.88 Å². The molecule has 1 unspecified atom stereocenters. The molecule has 1 aromatic heterocycles. The number of nitrogens with zero attached hydrogens (tertiary/aromatic N) is 2. The number of hydrogen-bond acceptors (Lipinski definition) is 3. The number of benzene rings is 1. The predicted molar refractivity (Wildman–Crippen MR) is 75.1 cm³/mol. The van der Waals surface area contributed by atoms with Crippen LogP contribution >= 0.6 is 0 Å². The van der Waals surface area contributed by atoms with E-state index in [1.165, 1.54) is 5.56 Å². The molecule has 0 fully saturated rings. The first kappa shape index (κ1) is 12.7. The van der Waals surface area contributed by atoms with Crippen LogP contribution in [-0.2, 0) is 6.54 Å². The van der Waals surface area contributed by atoms with Gasteiger partial charge >= 0.3 is 0 Å². The van der Waals surface area contributed by atoms with Gasteiger partial charge in [-0.25, -0.2) is 4.98 Å². The van der Waals surface area contributed by atoms with E-state index in [9.17, 15) is 4.79 Å². The smallest absolute Gasteiger partial charge is 0.275 e. The van der Waals surface area contributed by atoms with Gasteiger partial charge in [0.1, 0.15) is 5.82 Å². The number of methoxy groups -OCH3 is 1. The molecule has 104 valence electrons. The van der Waals surface area contributed by atoms with Crippen LogP contribution in [0.15, 0.2) is 30.3 Å². The molecule has 0 saturated heterocycles. The Balaban J connectivity index is 2.06. The molecule has 0 radical (unpaired) electrons. The van der Waals surface area contributed by atoms with Gasteiger partial charge in [-0.3, -0.25) is 9.36 Å². The zero-order valence-corrected chi connectivity index (χ0v) is 11.6. The number of aromatic nitrogens is 2. The number of amides is 1. The van der Waals surface area contributed by atoms with Crippen LogP contribution in [-0.4, -0.2) is 29.6 Å². The molecule has 3 rings (SSSR count). The summed E-state index contributed by atoms with van der Waals surface area (Å²) in [7, 11) is 3.17. The highest BCUT2D eigenvalue weighted by Crippen LogP contribution is 2.37. The van der Waals surface area contributed by atoms with Crippen LogP contribution in [0.1, 0.15) is 34.2 Å². The highest BCUT2D eigenvalue weighted by Gasteiger charge is 2.32. The summed E-state index contributed by atoms with van der Waals surface area (Å²) in [6.45, 7) is 0.821. The van der Waals surface area contributed by atoms with Crippen molar-refractivity contribution in [2.24, 2.45) is 0 Å². The Morgan fingerprint density at radius 3 is 2.80 bits per heavy atom. The molecule has 0 bridgehead atoms. The van der Waals surface area contributed by atoms with Crippen molar-refractivity contribution in [2.75, 3.05) is 14.2 Å². The number of hydrogen-bond donors (Lipinski definition) is 1. The van der Waals surface area contributed by atoms with Gasteiger partial charge in [-0.05, 0) is 12.0 Å². The fourth-order valence-electron chi connectivity index (χ4n) is 2.80. The van der Waals surface area contributed by atoms with E-state index in [0.717, 1.165) is 18.8 Å². The van der Waals surface area contributed by atoms with Gasteiger partial charge in [0.15, 0.2) is 5.69 Å². The van der Waals surface area contributed by atoms with Gasteiger partial charge < -0.3 is 10.1 Å². The monoisotopic (exact) mass is 271 g/mol. The number of fused-ring (bicyclic) bond motifs is 1. The molecule has 1 amide bonds. The lowest BCUT2D eigenvalue weighted by Crippen LogP contribution is -2.19. The fourth-order valence-corrected chi connectivity index (χ4v) is 2.80. The average molecular weight is 271 g/mol. The maximum Gasteiger partial charge on any atom is 0.275 e. The van der Waals surface area contributed by atoms with Gasteiger partial charge in [-0.2, -0.15) is 0 Å². The van der Waals surface area contributed by atoms with Gasteiger partial charge in [0, 0.05) is 19.5 Å². The van der Waals surface area contributed by atoms with Crippen molar-refractivity contribution >= 4 is 5.91 Å². The van der Waals surface area contributed by atoms with Crippen molar-refractivity contribution in [1.29, 1.82) is 0 Å². The fraction of sp³-hybridized carbons (Fsp3) is 0.333. The first-order valence-electron chi connectivity index (χ1n) is 6.67. The predicted octanol–water partition coefficient (Wildman–Crippen LogP) is 1.79. The van der Waals surface area contributed by atoms with E-state index in [0.29, 0.717) is 11.6 Å². The number of carbonyl (C=O) groups excluding carboxylic acids is 1. The van der Waals surface area contributed by atoms with Gasteiger partial charge in [-0.1, -0.05) is 30.3 Å². The summed E-state index contributed by atoms with van der Waals surface area (Å²) in [4.78, 5) is 16.4. The van der Waals surface area contributed by atoms with Crippen LogP contribution in [0.25, 0.3) is 0 Å². The molecule has 0 saturated carbocycles. The Bertz CT molecular complexity index is 634. The molecule has 5 nitrogen and oxygen atoms in total. The van der Waals surface area contributed by atoms with E-state index >= 15 is 0 Å². The molecule has 0 aliphatic carbocycles. The molecule has 0 spiro atoms. The summed E-state index contributed by atoms with van der Waals surface area (Å²) in [5.74, 6) is 1.48. The minimum absolute atomic E-state index is 0.212. The van der Waals surface area contributed by atoms with Crippen LogP contribution in [0.4, 0.5) is 0 Å². The first-order valence-corrected chi connectivity index (χ1v) is 6.67. The second-order valence-electron chi connectivity index (χ2n) is 4.81. The van der Waals surface area contributed by atoms with E-state index in [-0.39, 0.29) is 11.8 Å². The van der Waals surface area contributed by atoms with Crippen LogP contribution in [0.2, 0.25) is 0 Å². The summed E-state index contributed by atoms with van der Waals surface area (Å²) in [5, 5.41) is 2.60. The van der Waals surface area contributed by atoms with Crippen molar-refractivity contribution in [3.8, 4) is 5.88 Å². The second kappa shape index (κ2) is 5.00. The van der Waals surface area contributed by atoms with E-state index in [2.05, 4.69) is 22.4 Å². The lowest BCUT2D eigenvalue weighted by atomic mass is 9.97. The third-order valence-electron chi connectivity index (χ3n) is 3.74. The van der Waals surface area contributed by atoms with Crippen molar-refractivity contribution in [2.45, 2.75) is 18.9 Å². The lowest BCUT2D eigenvalue weighted by Gasteiger charge is -2.07. The maximum absolute atomic E-state index is 11.9. The maximum atomic E-state index is 11.9. The molecule has 1 aliphatic heterocycles. The zero-order chi connectivity index (χ0) is 14.1. The summed E-state index contributed by atoms with van der Waals surface area (Å²) < 4.78 is 7.38. The number of imidazole rings is 1. The first-order chi connectivity index (χ1) is 9.76. The Kier molecular flexibility index (Phi) is 3.18. The SMILES string of the molecule is CNC(=O)c1nc2n(c1OC)CCC2c1ccccc1. The van der Waals surface area contributed by atoms with Gasteiger partial charge in [0.05, 0.1) is 7.11 Å². The van der Waals surface area contributed by atoms with Crippen molar-refractivity contribution in [1.82, 2.24) is 14.9 Å². The third-order valence-corrected chi connectivity index (χ3v) is 3.74. The molecule has 1 N–H and O–H groups in total. The summed E-state index contributed by atoms with van der Waals surface area (Å²) >= 11 is 0.